The van der Waals surface area contributed by atoms with Crippen LogP contribution in [0.5, 0.6) is 0 Å². The molecule has 1 aliphatic rings. The van der Waals surface area contributed by atoms with Gasteiger partial charge in [0.15, 0.2) is 14.1 Å². The molecule has 1 saturated heterocycles. The third-order valence-electron chi connectivity index (χ3n) is 5.85. The van der Waals surface area contributed by atoms with Crippen LogP contribution in [-0.4, -0.2) is 44.1 Å². The van der Waals surface area contributed by atoms with E-state index in [1.807, 2.05) is 13.8 Å². The highest BCUT2D eigenvalue weighted by molar-refractivity contribution is 6.74. The summed E-state index contributed by atoms with van der Waals surface area (Å²) in [4.78, 5) is 0. The highest BCUT2D eigenvalue weighted by Crippen LogP contribution is 2.40. The molecule has 1 fully saturated rings. The molecular formula is C21H42O4Si. The molecule has 1 unspecified atom stereocenters. The standard InChI is InChI=1S/C21H42O4Si/c1-15(2)16(3)11-12-18(25-26(9,10)20(4,5)6)19-17(13-14-22)23-21(7,8)24-19/h11-12,15-19,22H,13-14H2,1-10H3/b12-11-/t16-,17+,18?,19+/m1/s1. The first-order chi connectivity index (χ1) is 11.7. The smallest absolute Gasteiger partial charge is 0.193 e. The maximum Gasteiger partial charge on any atom is 0.193 e. The zero-order chi connectivity index (χ0) is 20.3. The Bertz CT molecular complexity index is 465. The van der Waals surface area contributed by atoms with Gasteiger partial charge in [0.25, 0.3) is 0 Å². The second-order valence-electron chi connectivity index (χ2n) is 9.98. The second-order valence-corrected chi connectivity index (χ2v) is 14.7. The Labute approximate surface area is 162 Å². The lowest BCUT2D eigenvalue weighted by atomic mass is 9.96. The molecule has 0 radical (unpaired) electrons. The van der Waals surface area contributed by atoms with Crippen molar-refractivity contribution < 1.29 is 19.0 Å². The SMILES string of the molecule is CC(C)[C@H](C)/C=C\C(O[Si](C)(C)C(C)(C)C)[C@H]1OC(C)(C)O[C@H]1CCO. The summed E-state index contributed by atoms with van der Waals surface area (Å²) in [7, 11) is -1.98. The van der Waals surface area contributed by atoms with Crippen LogP contribution >= 0.6 is 0 Å². The van der Waals surface area contributed by atoms with Gasteiger partial charge in [0.2, 0.25) is 0 Å². The van der Waals surface area contributed by atoms with Gasteiger partial charge >= 0.3 is 0 Å². The molecule has 4 nitrogen and oxygen atoms in total. The van der Waals surface area contributed by atoms with E-state index < -0.39 is 14.1 Å². The van der Waals surface area contributed by atoms with Crippen LogP contribution in [0.1, 0.15) is 61.8 Å². The van der Waals surface area contributed by atoms with Crippen molar-refractivity contribution >= 4 is 8.32 Å². The average Bonchev–Trinajstić information content (AvgIpc) is 2.76. The van der Waals surface area contributed by atoms with E-state index in [9.17, 15) is 5.11 Å². The van der Waals surface area contributed by atoms with Gasteiger partial charge in [-0.3, -0.25) is 0 Å². The Kier molecular flexibility index (Phi) is 8.13. The number of ether oxygens (including phenoxy) is 2. The zero-order valence-corrected chi connectivity index (χ0v) is 19.6. The molecule has 5 heteroatoms. The summed E-state index contributed by atoms with van der Waals surface area (Å²) in [5, 5.41) is 9.58. The highest BCUT2D eigenvalue weighted by atomic mass is 28.4. The molecule has 1 heterocycles. The maximum absolute atomic E-state index is 9.46. The number of hydrogen-bond donors (Lipinski definition) is 1. The summed E-state index contributed by atoms with van der Waals surface area (Å²) in [5.41, 5.74) is 0. The Balaban J connectivity index is 3.14. The molecule has 0 aromatic carbocycles. The van der Waals surface area contributed by atoms with E-state index in [-0.39, 0.29) is 30.0 Å². The minimum atomic E-state index is -1.98. The average molecular weight is 387 g/mol. The number of allylic oxidation sites excluding steroid dienone is 1. The van der Waals surface area contributed by atoms with Gasteiger partial charge in [0, 0.05) is 6.61 Å². The molecular weight excluding hydrogens is 344 g/mol. The van der Waals surface area contributed by atoms with Gasteiger partial charge in [0.05, 0.1) is 12.2 Å². The molecule has 4 atom stereocenters. The maximum atomic E-state index is 9.46. The first-order valence-electron chi connectivity index (χ1n) is 10.0. The van der Waals surface area contributed by atoms with E-state index in [0.717, 1.165) is 0 Å². The molecule has 1 aliphatic heterocycles. The third-order valence-corrected chi connectivity index (χ3v) is 10.3. The summed E-state index contributed by atoms with van der Waals surface area (Å²) in [6, 6.07) is 0. The molecule has 0 amide bonds. The fraction of sp³-hybridized carbons (Fsp3) is 0.905. The lowest BCUT2D eigenvalue weighted by molar-refractivity contribution is -0.152. The van der Waals surface area contributed by atoms with Crippen LogP contribution < -0.4 is 0 Å². The summed E-state index contributed by atoms with van der Waals surface area (Å²) in [6.45, 7) is 21.9. The van der Waals surface area contributed by atoms with Crippen molar-refractivity contribution in [1.29, 1.82) is 0 Å². The summed E-state index contributed by atoms with van der Waals surface area (Å²) in [6.07, 6.45) is 4.43. The second kappa shape index (κ2) is 8.87. The van der Waals surface area contributed by atoms with Gasteiger partial charge in [-0.2, -0.15) is 0 Å². The van der Waals surface area contributed by atoms with Gasteiger partial charge in [-0.25, -0.2) is 0 Å². The van der Waals surface area contributed by atoms with E-state index in [1.54, 1.807) is 0 Å². The van der Waals surface area contributed by atoms with Crippen LogP contribution in [0.4, 0.5) is 0 Å². The van der Waals surface area contributed by atoms with Gasteiger partial charge in [-0.1, -0.05) is 53.7 Å². The fourth-order valence-corrected chi connectivity index (χ4v) is 3.98. The number of aliphatic hydroxyl groups excluding tert-OH is 1. The van der Waals surface area contributed by atoms with Crippen molar-refractivity contribution in [3.63, 3.8) is 0 Å². The van der Waals surface area contributed by atoms with Crippen LogP contribution in [0.25, 0.3) is 0 Å². The number of hydrogen-bond acceptors (Lipinski definition) is 4. The van der Waals surface area contributed by atoms with Crippen molar-refractivity contribution in [3.8, 4) is 0 Å². The first-order valence-corrected chi connectivity index (χ1v) is 12.9. The monoisotopic (exact) mass is 386 g/mol. The molecule has 154 valence electrons. The Morgan fingerprint density at radius 1 is 1.12 bits per heavy atom. The van der Waals surface area contributed by atoms with Crippen molar-refractivity contribution in [2.45, 2.75) is 104 Å². The number of aliphatic hydroxyl groups is 1. The largest absolute Gasteiger partial charge is 0.408 e. The molecule has 0 bridgehead atoms. The lowest BCUT2D eigenvalue weighted by Gasteiger charge is -2.40. The lowest BCUT2D eigenvalue weighted by Crippen LogP contribution is -2.48. The van der Waals surface area contributed by atoms with Crippen molar-refractivity contribution in [3.05, 3.63) is 12.2 Å². The minimum Gasteiger partial charge on any atom is -0.408 e. The van der Waals surface area contributed by atoms with Crippen LogP contribution in [0.2, 0.25) is 18.1 Å². The molecule has 0 aliphatic carbocycles. The van der Waals surface area contributed by atoms with E-state index in [2.05, 4.69) is 66.8 Å². The van der Waals surface area contributed by atoms with Crippen LogP contribution in [0.3, 0.4) is 0 Å². The van der Waals surface area contributed by atoms with E-state index in [1.165, 1.54) is 0 Å². The Hall–Kier alpha value is -0.203. The molecule has 0 saturated carbocycles. The van der Waals surface area contributed by atoms with Crippen molar-refractivity contribution in [2.24, 2.45) is 11.8 Å². The van der Waals surface area contributed by atoms with Crippen LogP contribution in [0.15, 0.2) is 12.2 Å². The Morgan fingerprint density at radius 3 is 2.15 bits per heavy atom. The van der Waals surface area contributed by atoms with Gasteiger partial charge in [0.1, 0.15) is 6.10 Å². The zero-order valence-electron chi connectivity index (χ0n) is 18.6. The van der Waals surface area contributed by atoms with E-state index in [0.29, 0.717) is 18.3 Å². The summed E-state index contributed by atoms with van der Waals surface area (Å²) >= 11 is 0. The molecule has 1 rings (SSSR count). The minimum absolute atomic E-state index is 0.0829. The highest BCUT2D eigenvalue weighted by Gasteiger charge is 2.47. The molecule has 0 aromatic heterocycles. The van der Waals surface area contributed by atoms with Crippen LogP contribution in [-0.2, 0) is 13.9 Å². The quantitative estimate of drug-likeness (QED) is 0.464. The molecule has 0 spiro atoms. The summed E-state index contributed by atoms with van der Waals surface area (Å²) in [5.74, 6) is 0.383. The first kappa shape index (κ1) is 23.8. The van der Waals surface area contributed by atoms with Gasteiger partial charge in [-0.05, 0) is 50.2 Å². The topological polar surface area (TPSA) is 47.9 Å². The normalized spacial score (nSPS) is 26.6. The van der Waals surface area contributed by atoms with Crippen LogP contribution in [0, 0.1) is 11.8 Å². The summed E-state index contributed by atoms with van der Waals surface area (Å²) < 4.78 is 19.0. The predicted molar refractivity (Wildman–Crippen MR) is 111 cm³/mol. The fourth-order valence-electron chi connectivity index (χ4n) is 2.73. The number of rotatable bonds is 8. The molecule has 0 aromatic rings. The predicted octanol–water partition coefficient (Wildman–Crippen LogP) is 5.13. The van der Waals surface area contributed by atoms with Gasteiger partial charge < -0.3 is 19.0 Å². The van der Waals surface area contributed by atoms with E-state index in [4.69, 9.17) is 13.9 Å². The molecule has 1 N–H and O–H groups in total. The third kappa shape index (κ3) is 6.45. The Morgan fingerprint density at radius 2 is 1.69 bits per heavy atom. The van der Waals surface area contributed by atoms with Crippen molar-refractivity contribution in [2.75, 3.05) is 6.61 Å². The van der Waals surface area contributed by atoms with Gasteiger partial charge in [-0.15, -0.1) is 0 Å². The van der Waals surface area contributed by atoms with E-state index >= 15 is 0 Å². The molecule has 26 heavy (non-hydrogen) atoms. The van der Waals surface area contributed by atoms with Crippen molar-refractivity contribution in [1.82, 2.24) is 0 Å².